The Bertz CT molecular complexity index is 1700. The number of carbonyl (C=O) groups is 2. The van der Waals surface area contributed by atoms with Crippen molar-refractivity contribution in [1.82, 2.24) is 30.0 Å². The molecule has 9 nitrogen and oxygen atoms in total. The third kappa shape index (κ3) is 6.26. The zero-order valence-electron chi connectivity index (χ0n) is 22.5. The van der Waals surface area contributed by atoms with Crippen LogP contribution >= 0.6 is 11.6 Å². The molecule has 0 radical (unpaired) electrons. The van der Waals surface area contributed by atoms with Gasteiger partial charge in [-0.05, 0) is 59.5 Å². The summed E-state index contributed by atoms with van der Waals surface area (Å²) in [5, 5.41) is 24.1. The molecule has 0 bridgehead atoms. The molecule has 216 valence electrons. The fraction of sp³-hybridized carbons (Fsp3) is 0.345. The number of nitriles is 1. The Kier molecular flexibility index (Phi) is 8.22. The molecule has 2 heterocycles. The number of benzene rings is 2. The van der Waals surface area contributed by atoms with Crippen LogP contribution in [0.5, 0.6) is 0 Å². The monoisotopic (exact) mass is 595 g/mol. The Morgan fingerprint density at radius 2 is 1.83 bits per heavy atom. The van der Waals surface area contributed by atoms with Crippen molar-refractivity contribution in [3.63, 3.8) is 0 Å². The Labute approximate surface area is 243 Å². The van der Waals surface area contributed by atoms with Crippen LogP contribution in [0.15, 0.2) is 42.5 Å². The maximum atomic E-state index is 13.9. The maximum absolute atomic E-state index is 13.9. The number of aromatic nitrogens is 6. The van der Waals surface area contributed by atoms with Gasteiger partial charge in [0.1, 0.15) is 12.2 Å². The van der Waals surface area contributed by atoms with Crippen molar-refractivity contribution in [3.8, 4) is 11.8 Å². The lowest BCUT2D eigenvalue weighted by Crippen LogP contribution is -2.16. The predicted octanol–water partition coefficient (Wildman–Crippen LogP) is 5.95. The summed E-state index contributed by atoms with van der Waals surface area (Å²) < 4.78 is 40.2. The molecule has 2 aromatic heterocycles. The van der Waals surface area contributed by atoms with Crippen molar-refractivity contribution in [3.05, 3.63) is 87.0 Å². The quantitative estimate of drug-likeness (QED) is 0.219. The smallest absolute Gasteiger partial charge is 0.294 e. The number of tetrazole rings is 1. The molecule has 0 unspecified atom stereocenters. The van der Waals surface area contributed by atoms with Gasteiger partial charge in [-0.3, -0.25) is 9.59 Å². The number of rotatable bonds is 9. The van der Waals surface area contributed by atoms with Gasteiger partial charge in [0.25, 0.3) is 5.82 Å². The van der Waals surface area contributed by atoms with Crippen molar-refractivity contribution in [2.45, 2.75) is 58.2 Å². The third-order valence-electron chi connectivity index (χ3n) is 7.32. The van der Waals surface area contributed by atoms with Gasteiger partial charge in [0.2, 0.25) is 0 Å². The van der Waals surface area contributed by atoms with Crippen LogP contribution in [-0.4, -0.2) is 41.6 Å². The van der Waals surface area contributed by atoms with Crippen molar-refractivity contribution >= 4 is 23.2 Å². The number of hydrogen-bond donors (Lipinski definition) is 0. The van der Waals surface area contributed by atoms with Gasteiger partial charge in [-0.2, -0.15) is 28.3 Å². The van der Waals surface area contributed by atoms with E-state index in [1.54, 1.807) is 37.3 Å². The van der Waals surface area contributed by atoms with Crippen LogP contribution < -0.4 is 0 Å². The number of carbonyl (C=O) groups excluding carboxylic acids is 2. The first-order valence-corrected chi connectivity index (χ1v) is 13.7. The first kappa shape index (κ1) is 29.1. The molecule has 2 aromatic carbocycles. The Morgan fingerprint density at radius 1 is 1.10 bits per heavy atom. The highest BCUT2D eigenvalue weighted by Gasteiger charge is 2.37. The molecular formula is C29H25ClF3N7O2. The van der Waals surface area contributed by atoms with Crippen LogP contribution in [0.25, 0.3) is 5.69 Å². The lowest BCUT2D eigenvalue weighted by atomic mass is 9.88. The molecule has 4 aromatic rings. The van der Waals surface area contributed by atoms with Gasteiger partial charge in [0.05, 0.1) is 28.0 Å². The molecule has 1 saturated carbocycles. The average Bonchev–Trinajstić information content (AvgIpc) is 3.71. The van der Waals surface area contributed by atoms with Crippen LogP contribution in [0, 0.1) is 24.2 Å². The SMILES string of the molecule is Cc1cc(C#N)cc(C(=O)CC2CCCC2)c1CC(=O)c1cc(Cn2nnc(C(F)(F)F)n2)nn1-c1ccccc1Cl. The summed E-state index contributed by atoms with van der Waals surface area (Å²) in [6, 6.07) is 13.4. The molecule has 5 rings (SSSR count). The van der Waals surface area contributed by atoms with Crippen LogP contribution in [0.2, 0.25) is 5.02 Å². The lowest BCUT2D eigenvalue weighted by Gasteiger charge is -2.15. The van der Waals surface area contributed by atoms with Crippen molar-refractivity contribution in [2.75, 3.05) is 0 Å². The highest BCUT2D eigenvalue weighted by molar-refractivity contribution is 6.32. The molecule has 1 aliphatic rings. The highest BCUT2D eigenvalue weighted by atomic mass is 35.5. The number of Topliss-reactive ketones (excluding diaryl/α,β-unsaturated/α-hetero) is 2. The van der Waals surface area contributed by atoms with Gasteiger partial charge >= 0.3 is 6.18 Å². The molecule has 42 heavy (non-hydrogen) atoms. The minimum Gasteiger partial charge on any atom is -0.294 e. The second-order valence-corrected chi connectivity index (χ2v) is 10.7. The van der Waals surface area contributed by atoms with Crippen LogP contribution in [-0.2, 0) is 19.1 Å². The van der Waals surface area contributed by atoms with E-state index < -0.39 is 17.8 Å². The van der Waals surface area contributed by atoms with Crippen LogP contribution in [0.4, 0.5) is 13.2 Å². The van der Waals surface area contributed by atoms with Gasteiger partial charge in [-0.1, -0.05) is 49.4 Å². The summed E-state index contributed by atoms with van der Waals surface area (Å²) in [6.07, 6.45) is -0.473. The van der Waals surface area contributed by atoms with Gasteiger partial charge in [-0.25, -0.2) is 4.68 Å². The number of ketones is 2. The molecular weight excluding hydrogens is 571 g/mol. The Balaban J connectivity index is 1.51. The van der Waals surface area contributed by atoms with Gasteiger partial charge < -0.3 is 0 Å². The number of hydrogen-bond acceptors (Lipinski definition) is 7. The van der Waals surface area contributed by atoms with Crippen LogP contribution in [0.3, 0.4) is 0 Å². The summed E-state index contributed by atoms with van der Waals surface area (Å²) in [6.45, 7) is 1.46. The minimum atomic E-state index is -4.76. The largest absolute Gasteiger partial charge is 0.455 e. The predicted molar refractivity (Wildman–Crippen MR) is 145 cm³/mol. The summed E-state index contributed by atoms with van der Waals surface area (Å²) in [5.74, 6) is -1.63. The van der Waals surface area contributed by atoms with Crippen LogP contribution in [0.1, 0.15) is 81.2 Å². The maximum Gasteiger partial charge on any atom is 0.455 e. The Morgan fingerprint density at radius 3 is 2.50 bits per heavy atom. The molecule has 0 amide bonds. The zero-order chi connectivity index (χ0) is 30.0. The van der Waals surface area contributed by atoms with E-state index in [-0.39, 0.29) is 36.1 Å². The van der Waals surface area contributed by atoms with Gasteiger partial charge in [-0.15, -0.1) is 10.2 Å². The fourth-order valence-corrected chi connectivity index (χ4v) is 5.50. The first-order valence-electron chi connectivity index (χ1n) is 13.3. The van der Waals surface area contributed by atoms with E-state index in [1.165, 1.54) is 16.8 Å². The number of para-hydroxylation sites is 1. The molecule has 0 saturated heterocycles. The lowest BCUT2D eigenvalue weighted by molar-refractivity contribution is -0.145. The highest BCUT2D eigenvalue weighted by Crippen LogP contribution is 2.31. The first-order chi connectivity index (χ1) is 20.0. The number of alkyl halides is 3. The number of nitrogens with zero attached hydrogens (tertiary/aromatic N) is 7. The van der Waals surface area contributed by atoms with Gasteiger partial charge in [0, 0.05) is 18.4 Å². The molecule has 1 fully saturated rings. The molecule has 13 heteroatoms. The number of halogens is 4. The molecule has 0 atom stereocenters. The van der Waals surface area contributed by atoms with E-state index in [4.69, 9.17) is 11.6 Å². The number of aryl methyl sites for hydroxylation is 1. The summed E-state index contributed by atoms with van der Waals surface area (Å²) in [4.78, 5) is 28.0. The second kappa shape index (κ2) is 11.9. The van der Waals surface area contributed by atoms with Crippen molar-refractivity contribution in [1.29, 1.82) is 5.26 Å². The van der Waals surface area contributed by atoms with E-state index in [2.05, 4.69) is 26.6 Å². The summed E-state index contributed by atoms with van der Waals surface area (Å²) in [5.41, 5.74) is 2.51. The van der Waals surface area contributed by atoms with Crippen molar-refractivity contribution < 1.29 is 22.8 Å². The van der Waals surface area contributed by atoms with Crippen molar-refractivity contribution in [2.24, 2.45) is 5.92 Å². The van der Waals surface area contributed by atoms with E-state index in [9.17, 15) is 28.0 Å². The summed E-state index contributed by atoms with van der Waals surface area (Å²) >= 11 is 6.41. The molecule has 0 N–H and O–H groups in total. The average molecular weight is 596 g/mol. The zero-order valence-corrected chi connectivity index (χ0v) is 23.3. The normalized spacial score (nSPS) is 13.8. The standard InChI is InChI=1S/C29H25ClF3N7O2/c1-17-10-19(15-34)11-22(26(41)12-18-6-2-3-7-18)21(17)14-27(42)25-13-20(16-39-37-28(35-38-39)29(31,32)33)36-40(25)24-9-5-4-8-23(24)30/h4-5,8-11,13,18H,2-3,6-7,12,14,16H2,1H3. The van der Waals surface area contributed by atoms with E-state index in [0.29, 0.717) is 39.4 Å². The molecule has 0 aliphatic heterocycles. The Hall–Kier alpha value is -4.37. The van der Waals surface area contributed by atoms with E-state index >= 15 is 0 Å². The fourth-order valence-electron chi connectivity index (χ4n) is 5.28. The molecule has 1 aliphatic carbocycles. The third-order valence-corrected chi connectivity index (χ3v) is 7.64. The van der Waals surface area contributed by atoms with Gasteiger partial charge in [0.15, 0.2) is 11.6 Å². The topological polar surface area (TPSA) is 119 Å². The summed E-state index contributed by atoms with van der Waals surface area (Å²) in [7, 11) is 0. The van der Waals surface area contributed by atoms with E-state index in [1.807, 2.05) is 0 Å². The van der Waals surface area contributed by atoms with E-state index in [0.717, 1.165) is 30.5 Å². The minimum absolute atomic E-state index is 0.104. The second-order valence-electron chi connectivity index (χ2n) is 10.3. The molecule has 0 spiro atoms.